The summed E-state index contributed by atoms with van der Waals surface area (Å²) in [5.74, 6) is 0.699. The summed E-state index contributed by atoms with van der Waals surface area (Å²) < 4.78 is 6.67. The molecule has 0 unspecified atom stereocenters. The van der Waals surface area contributed by atoms with E-state index in [0.29, 0.717) is 0 Å². The van der Waals surface area contributed by atoms with Crippen molar-refractivity contribution in [3.05, 3.63) is 16.6 Å². The Hall–Kier alpha value is -0.680. The van der Waals surface area contributed by atoms with E-state index in [1.165, 1.54) is 0 Å². The van der Waals surface area contributed by atoms with Crippen LogP contribution in [0.3, 0.4) is 0 Å². The maximum atomic E-state index is 12.1. The van der Waals surface area contributed by atoms with Crippen LogP contribution >= 0.6 is 27.7 Å². The van der Waals surface area contributed by atoms with Crippen molar-refractivity contribution in [2.75, 3.05) is 18.2 Å². The Balaban J connectivity index is 2.61. The number of likely N-dealkylation sites (N-methyl/N-ethyl adjacent to an activating group) is 1. The van der Waals surface area contributed by atoms with Crippen molar-refractivity contribution < 1.29 is 9.53 Å². The lowest BCUT2D eigenvalue weighted by Gasteiger charge is -2.37. The summed E-state index contributed by atoms with van der Waals surface area (Å²) in [6.45, 7) is 3.56. The molecule has 0 N–H and O–H groups in total. The molecule has 0 saturated carbocycles. The van der Waals surface area contributed by atoms with Gasteiger partial charge in [-0.25, -0.2) is 0 Å². The average molecular weight is 316 g/mol. The molecule has 5 heteroatoms. The lowest BCUT2D eigenvalue weighted by molar-refractivity contribution is -0.132. The fraction of sp³-hybridized carbons (Fsp3) is 0.417. The highest BCUT2D eigenvalue weighted by Gasteiger charge is 2.40. The fourth-order valence-corrected chi connectivity index (χ4v) is 2.98. The number of hydrogen-bond donors (Lipinski definition) is 0. The number of hydrogen-bond acceptors (Lipinski definition) is 3. The van der Waals surface area contributed by atoms with Gasteiger partial charge in [0.1, 0.15) is 0 Å². The van der Waals surface area contributed by atoms with Crippen LogP contribution in [0.5, 0.6) is 5.75 Å². The van der Waals surface area contributed by atoms with Gasteiger partial charge in [0, 0.05) is 11.9 Å². The quantitative estimate of drug-likeness (QED) is 0.745. The van der Waals surface area contributed by atoms with Crippen molar-refractivity contribution in [2.24, 2.45) is 0 Å². The Kier molecular flexibility index (Phi) is 3.16. The van der Waals surface area contributed by atoms with Crippen LogP contribution in [0.4, 0.5) is 5.69 Å². The van der Waals surface area contributed by atoms with E-state index < -0.39 is 5.60 Å². The van der Waals surface area contributed by atoms with Crippen LogP contribution in [0.15, 0.2) is 21.5 Å². The summed E-state index contributed by atoms with van der Waals surface area (Å²) >= 11 is 5.13. The first-order valence-electron chi connectivity index (χ1n) is 5.21. The average Bonchev–Trinajstić information content (AvgIpc) is 2.27. The lowest BCUT2D eigenvalue weighted by atomic mass is 10.0. The third kappa shape index (κ3) is 2.06. The Labute approximate surface area is 114 Å². The van der Waals surface area contributed by atoms with Crippen molar-refractivity contribution in [2.45, 2.75) is 24.3 Å². The van der Waals surface area contributed by atoms with Gasteiger partial charge in [0.15, 0.2) is 11.4 Å². The maximum Gasteiger partial charge on any atom is 0.270 e. The molecule has 0 aliphatic carbocycles. The normalized spacial score (nSPS) is 17.7. The number of halogens is 1. The van der Waals surface area contributed by atoms with Crippen LogP contribution in [0.25, 0.3) is 0 Å². The maximum absolute atomic E-state index is 12.1. The Morgan fingerprint density at radius 1 is 1.41 bits per heavy atom. The number of fused-ring (bicyclic) bond motifs is 1. The Morgan fingerprint density at radius 2 is 2.06 bits per heavy atom. The predicted molar refractivity (Wildman–Crippen MR) is 74.0 cm³/mol. The van der Waals surface area contributed by atoms with Crippen LogP contribution in [0.1, 0.15) is 13.8 Å². The fourth-order valence-electron chi connectivity index (χ4n) is 1.83. The second kappa shape index (κ2) is 4.21. The van der Waals surface area contributed by atoms with Gasteiger partial charge in [-0.2, -0.15) is 0 Å². The molecular weight excluding hydrogens is 302 g/mol. The van der Waals surface area contributed by atoms with E-state index >= 15 is 0 Å². The van der Waals surface area contributed by atoms with E-state index in [4.69, 9.17) is 4.74 Å². The second-order valence-corrected chi connectivity index (χ2v) is 6.17. The molecule has 2 rings (SSSR count). The molecule has 0 spiro atoms. The molecule has 0 radical (unpaired) electrons. The number of ether oxygens (including phenoxy) is 1. The van der Waals surface area contributed by atoms with Gasteiger partial charge >= 0.3 is 0 Å². The van der Waals surface area contributed by atoms with Gasteiger partial charge in [0.2, 0.25) is 0 Å². The number of rotatable bonds is 1. The molecule has 1 aromatic rings. The Bertz CT molecular complexity index is 488. The van der Waals surface area contributed by atoms with Gasteiger partial charge in [0.25, 0.3) is 5.91 Å². The van der Waals surface area contributed by atoms with E-state index in [-0.39, 0.29) is 5.91 Å². The highest BCUT2D eigenvalue weighted by molar-refractivity contribution is 9.10. The monoisotopic (exact) mass is 315 g/mol. The number of nitrogens with zero attached hydrogens (tertiary/aromatic N) is 1. The van der Waals surface area contributed by atoms with E-state index in [0.717, 1.165) is 20.8 Å². The smallest absolute Gasteiger partial charge is 0.270 e. The highest BCUT2D eigenvalue weighted by atomic mass is 79.9. The minimum Gasteiger partial charge on any atom is -0.475 e. The van der Waals surface area contributed by atoms with Crippen molar-refractivity contribution >= 4 is 39.3 Å². The minimum absolute atomic E-state index is 0.0323. The molecule has 0 bridgehead atoms. The van der Waals surface area contributed by atoms with Gasteiger partial charge in [-0.1, -0.05) is 0 Å². The molecule has 0 saturated heterocycles. The van der Waals surface area contributed by atoms with Crippen LogP contribution in [-0.4, -0.2) is 24.8 Å². The molecule has 1 aliphatic rings. The number of thioether (sulfide) groups is 1. The van der Waals surface area contributed by atoms with Gasteiger partial charge < -0.3 is 9.64 Å². The summed E-state index contributed by atoms with van der Waals surface area (Å²) in [6, 6.07) is 3.97. The molecule has 0 aromatic heterocycles. The molecular formula is C12H14BrNO2S. The molecule has 1 aromatic carbocycles. The number of benzene rings is 1. The van der Waals surface area contributed by atoms with Crippen LogP contribution in [0.2, 0.25) is 0 Å². The van der Waals surface area contributed by atoms with Crippen LogP contribution < -0.4 is 9.64 Å². The first-order valence-corrected chi connectivity index (χ1v) is 7.23. The third-order valence-corrected chi connectivity index (χ3v) is 4.07. The molecule has 0 fully saturated rings. The van der Waals surface area contributed by atoms with E-state index in [1.54, 1.807) is 37.6 Å². The summed E-state index contributed by atoms with van der Waals surface area (Å²) in [5, 5.41) is 0. The summed E-state index contributed by atoms with van der Waals surface area (Å²) in [6.07, 6.45) is 2.00. The molecule has 92 valence electrons. The predicted octanol–water partition coefficient (Wildman–Crippen LogP) is 3.30. The summed E-state index contributed by atoms with van der Waals surface area (Å²) in [7, 11) is 1.78. The molecule has 1 aliphatic heterocycles. The van der Waals surface area contributed by atoms with E-state index in [1.807, 2.05) is 18.4 Å². The largest absolute Gasteiger partial charge is 0.475 e. The first-order chi connectivity index (χ1) is 7.86. The summed E-state index contributed by atoms with van der Waals surface area (Å²) in [5.41, 5.74) is -0.00133. The molecule has 3 nitrogen and oxygen atoms in total. The van der Waals surface area contributed by atoms with Gasteiger partial charge in [0.05, 0.1) is 10.2 Å². The highest BCUT2D eigenvalue weighted by Crippen LogP contribution is 2.44. The molecule has 1 amide bonds. The van der Waals surface area contributed by atoms with Crippen molar-refractivity contribution in [3.8, 4) is 5.75 Å². The standard InChI is InChI=1S/C12H14BrNO2S/c1-12(2)11(15)14(3)9-6-7(17-4)5-8(13)10(9)16-12/h5-6H,1-4H3. The van der Waals surface area contributed by atoms with Gasteiger partial charge in [-0.3, -0.25) is 4.79 Å². The van der Waals surface area contributed by atoms with Crippen molar-refractivity contribution in [3.63, 3.8) is 0 Å². The van der Waals surface area contributed by atoms with Crippen LogP contribution in [-0.2, 0) is 4.79 Å². The number of carbonyl (C=O) groups excluding carboxylic acids is 1. The first kappa shape index (κ1) is 12.8. The zero-order chi connectivity index (χ0) is 12.8. The topological polar surface area (TPSA) is 29.5 Å². The van der Waals surface area contributed by atoms with Crippen LogP contribution in [0, 0.1) is 0 Å². The van der Waals surface area contributed by atoms with Crippen molar-refractivity contribution in [1.82, 2.24) is 0 Å². The zero-order valence-corrected chi connectivity index (χ0v) is 12.6. The Morgan fingerprint density at radius 3 is 2.65 bits per heavy atom. The number of amides is 1. The second-order valence-electron chi connectivity index (χ2n) is 4.43. The lowest BCUT2D eigenvalue weighted by Crippen LogP contribution is -2.51. The van der Waals surface area contributed by atoms with Gasteiger partial charge in [-0.15, -0.1) is 11.8 Å². The SMILES string of the molecule is CSc1cc(Br)c2c(c1)N(C)C(=O)C(C)(C)O2. The molecule has 1 heterocycles. The molecule has 0 atom stereocenters. The zero-order valence-electron chi connectivity index (χ0n) is 10.2. The number of carbonyl (C=O) groups is 1. The summed E-state index contributed by atoms with van der Waals surface area (Å²) in [4.78, 5) is 14.9. The third-order valence-electron chi connectivity index (χ3n) is 2.77. The van der Waals surface area contributed by atoms with Gasteiger partial charge in [-0.05, 0) is 48.2 Å². The number of anilines is 1. The van der Waals surface area contributed by atoms with E-state index in [9.17, 15) is 4.79 Å². The van der Waals surface area contributed by atoms with E-state index in [2.05, 4.69) is 15.9 Å². The molecule has 17 heavy (non-hydrogen) atoms. The minimum atomic E-state index is -0.814. The van der Waals surface area contributed by atoms with Crippen molar-refractivity contribution in [1.29, 1.82) is 0 Å².